The van der Waals surface area contributed by atoms with Crippen LogP contribution in [0.1, 0.15) is 31.2 Å². The van der Waals surface area contributed by atoms with Crippen molar-refractivity contribution >= 4 is 41.8 Å². The zero-order valence-electron chi connectivity index (χ0n) is 16.5. The SMILES string of the molecule is Cl.Cl.c1ccc(CN2CCCC3(CCCN(c4ncc5cn[nH]c5n4)C3)C2)cc1. The molecule has 1 spiro atoms. The fourth-order valence-electron chi connectivity index (χ4n) is 4.88. The number of H-pyrrole nitrogens is 1. The number of halogens is 2. The van der Waals surface area contributed by atoms with Crippen LogP contribution in [0.25, 0.3) is 11.0 Å². The minimum atomic E-state index is 0. The molecule has 2 fully saturated rings. The topological polar surface area (TPSA) is 60.9 Å². The van der Waals surface area contributed by atoms with Gasteiger partial charge >= 0.3 is 0 Å². The molecule has 0 amide bonds. The first-order chi connectivity index (χ1) is 13.3. The molecule has 0 saturated carbocycles. The number of piperidine rings is 2. The lowest BCUT2D eigenvalue weighted by molar-refractivity contribution is 0.0681. The number of nitrogens with one attached hydrogen (secondary N) is 1. The Bertz CT molecular complexity index is 914. The highest BCUT2D eigenvalue weighted by molar-refractivity contribution is 5.85. The number of hydrogen-bond acceptors (Lipinski definition) is 5. The number of hydrogen-bond donors (Lipinski definition) is 1. The van der Waals surface area contributed by atoms with Crippen molar-refractivity contribution in [1.82, 2.24) is 25.1 Å². The molecule has 1 unspecified atom stereocenters. The molecule has 8 heteroatoms. The molecule has 1 N–H and O–H groups in total. The third-order valence-electron chi connectivity index (χ3n) is 6.11. The lowest BCUT2D eigenvalue weighted by Gasteiger charge is -2.48. The Morgan fingerprint density at radius 1 is 0.966 bits per heavy atom. The van der Waals surface area contributed by atoms with Gasteiger partial charge in [-0.25, -0.2) is 4.98 Å². The van der Waals surface area contributed by atoms with Crippen LogP contribution in [0.2, 0.25) is 0 Å². The van der Waals surface area contributed by atoms with Crippen molar-refractivity contribution in [2.24, 2.45) is 5.41 Å². The summed E-state index contributed by atoms with van der Waals surface area (Å²) >= 11 is 0. The van der Waals surface area contributed by atoms with Crippen molar-refractivity contribution < 1.29 is 0 Å². The second kappa shape index (κ2) is 9.28. The highest BCUT2D eigenvalue weighted by Crippen LogP contribution is 2.39. The summed E-state index contributed by atoms with van der Waals surface area (Å²) in [6.45, 7) is 5.52. The van der Waals surface area contributed by atoms with Gasteiger partial charge in [0, 0.05) is 37.8 Å². The van der Waals surface area contributed by atoms with Crippen LogP contribution in [-0.4, -0.2) is 51.2 Å². The predicted molar refractivity (Wildman–Crippen MR) is 121 cm³/mol. The summed E-state index contributed by atoms with van der Waals surface area (Å²) < 4.78 is 0. The van der Waals surface area contributed by atoms with Gasteiger partial charge in [0.25, 0.3) is 0 Å². The van der Waals surface area contributed by atoms with Gasteiger partial charge < -0.3 is 4.90 Å². The number of benzene rings is 1. The molecular weight excluding hydrogens is 407 g/mol. The summed E-state index contributed by atoms with van der Waals surface area (Å²) in [5, 5.41) is 8.01. The van der Waals surface area contributed by atoms with Gasteiger partial charge in [-0.05, 0) is 37.8 Å². The van der Waals surface area contributed by atoms with Crippen LogP contribution in [0.15, 0.2) is 42.7 Å². The van der Waals surface area contributed by atoms with Crippen LogP contribution in [0.3, 0.4) is 0 Å². The zero-order chi connectivity index (χ0) is 18.1. The number of anilines is 1. The first-order valence-corrected chi connectivity index (χ1v) is 9.97. The fraction of sp³-hybridized carbons (Fsp3) is 0.476. The van der Waals surface area contributed by atoms with E-state index in [4.69, 9.17) is 4.98 Å². The van der Waals surface area contributed by atoms with E-state index in [1.165, 1.54) is 44.3 Å². The van der Waals surface area contributed by atoms with Crippen LogP contribution in [0, 0.1) is 5.41 Å². The van der Waals surface area contributed by atoms with Crippen molar-refractivity contribution in [2.45, 2.75) is 32.2 Å². The molecule has 2 saturated heterocycles. The molecule has 156 valence electrons. The van der Waals surface area contributed by atoms with E-state index in [0.717, 1.165) is 36.6 Å². The molecule has 0 aliphatic carbocycles. The summed E-state index contributed by atoms with van der Waals surface area (Å²) in [6.07, 6.45) is 8.76. The van der Waals surface area contributed by atoms with Crippen molar-refractivity contribution in [3.8, 4) is 0 Å². The molecule has 0 radical (unpaired) electrons. The number of aromatic amines is 1. The number of likely N-dealkylation sites (tertiary alicyclic amines) is 1. The Labute approximate surface area is 183 Å². The van der Waals surface area contributed by atoms with Crippen LogP contribution in [-0.2, 0) is 6.54 Å². The largest absolute Gasteiger partial charge is 0.340 e. The molecule has 1 aromatic carbocycles. The Balaban J connectivity index is 0.00000120. The van der Waals surface area contributed by atoms with Crippen molar-refractivity contribution in [2.75, 3.05) is 31.1 Å². The van der Waals surface area contributed by atoms with E-state index in [1.54, 1.807) is 6.20 Å². The van der Waals surface area contributed by atoms with Crippen molar-refractivity contribution in [1.29, 1.82) is 0 Å². The van der Waals surface area contributed by atoms with E-state index in [1.807, 2.05) is 6.20 Å². The van der Waals surface area contributed by atoms with Gasteiger partial charge in [0.05, 0.1) is 11.6 Å². The molecule has 1 atom stereocenters. The lowest BCUT2D eigenvalue weighted by Crippen LogP contribution is -2.52. The lowest BCUT2D eigenvalue weighted by atomic mass is 9.73. The highest BCUT2D eigenvalue weighted by Gasteiger charge is 2.39. The summed E-state index contributed by atoms with van der Waals surface area (Å²) in [7, 11) is 0. The van der Waals surface area contributed by atoms with Gasteiger partial charge in [-0.15, -0.1) is 24.8 Å². The second-order valence-electron chi connectivity index (χ2n) is 8.17. The van der Waals surface area contributed by atoms with Crippen LogP contribution >= 0.6 is 24.8 Å². The zero-order valence-corrected chi connectivity index (χ0v) is 18.1. The summed E-state index contributed by atoms with van der Waals surface area (Å²) in [4.78, 5) is 14.3. The number of nitrogens with zero attached hydrogens (tertiary/aromatic N) is 5. The minimum absolute atomic E-state index is 0. The maximum atomic E-state index is 4.71. The van der Waals surface area contributed by atoms with E-state index in [-0.39, 0.29) is 24.8 Å². The smallest absolute Gasteiger partial charge is 0.227 e. The van der Waals surface area contributed by atoms with Gasteiger partial charge in [0.2, 0.25) is 5.95 Å². The second-order valence-corrected chi connectivity index (χ2v) is 8.17. The number of rotatable bonds is 3. The predicted octanol–water partition coefficient (Wildman–Crippen LogP) is 4.08. The first-order valence-electron chi connectivity index (χ1n) is 9.97. The van der Waals surface area contributed by atoms with Crippen LogP contribution < -0.4 is 4.90 Å². The highest BCUT2D eigenvalue weighted by atomic mass is 35.5. The van der Waals surface area contributed by atoms with Gasteiger partial charge in [-0.1, -0.05) is 30.3 Å². The van der Waals surface area contributed by atoms with Crippen LogP contribution in [0.4, 0.5) is 5.95 Å². The summed E-state index contributed by atoms with van der Waals surface area (Å²) in [5.74, 6) is 0.839. The average Bonchev–Trinajstić information content (AvgIpc) is 3.17. The normalized spacial score (nSPS) is 22.3. The van der Waals surface area contributed by atoms with E-state index >= 15 is 0 Å². The molecule has 6 nitrogen and oxygen atoms in total. The molecular formula is C21H28Cl2N6. The molecule has 2 aromatic heterocycles. The van der Waals surface area contributed by atoms with E-state index < -0.39 is 0 Å². The minimum Gasteiger partial charge on any atom is -0.340 e. The maximum absolute atomic E-state index is 4.71. The molecule has 4 heterocycles. The van der Waals surface area contributed by atoms with Gasteiger partial charge in [-0.2, -0.15) is 10.1 Å². The Morgan fingerprint density at radius 3 is 2.59 bits per heavy atom. The maximum Gasteiger partial charge on any atom is 0.227 e. The summed E-state index contributed by atoms with van der Waals surface area (Å²) in [5.41, 5.74) is 2.60. The van der Waals surface area contributed by atoms with E-state index in [0.29, 0.717) is 5.41 Å². The fourth-order valence-corrected chi connectivity index (χ4v) is 4.88. The van der Waals surface area contributed by atoms with E-state index in [9.17, 15) is 0 Å². The average molecular weight is 435 g/mol. The third kappa shape index (κ3) is 4.65. The van der Waals surface area contributed by atoms with E-state index in [2.05, 4.69) is 55.3 Å². The third-order valence-corrected chi connectivity index (χ3v) is 6.11. The molecule has 2 aliphatic heterocycles. The number of fused-ring (bicyclic) bond motifs is 1. The molecule has 0 bridgehead atoms. The Morgan fingerprint density at radius 2 is 1.76 bits per heavy atom. The number of aromatic nitrogens is 4. The molecule has 5 rings (SSSR count). The molecule has 29 heavy (non-hydrogen) atoms. The Hall–Kier alpha value is -1.89. The van der Waals surface area contributed by atoms with Gasteiger partial charge in [0.1, 0.15) is 0 Å². The summed E-state index contributed by atoms with van der Waals surface area (Å²) in [6, 6.07) is 10.8. The molecule has 3 aromatic rings. The van der Waals surface area contributed by atoms with Crippen molar-refractivity contribution in [3.05, 3.63) is 48.3 Å². The monoisotopic (exact) mass is 434 g/mol. The van der Waals surface area contributed by atoms with Crippen LogP contribution in [0.5, 0.6) is 0 Å². The Kier molecular flexibility index (Phi) is 6.98. The van der Waals surface area contributed by atoms with Crippen molar-refractivity contribution in [3.63, 3.8) is 0 Å². The molecule has 2 aliphatic rings. The quantitative estimate of drug-likeness (QED) is 0.672. The van der Waals surface area contributed by atoms with Gasteiger partial charge in [0.15, 0.2) is 5.65 Å². The van der Waals surface area contributed by atoms with Gasteiger partial charge in [-0.3, -0.25) is 10.00 Å². The first kappa shape index (κ1) is 21.8. The standard InChI is InChI=1S/C21H26N6.2ClH/c1-2-6-17(7-3-1)14-26-10-4-8-21(15-26)9-5-11-27(16-21)20-22-12-18-13-23-25-19(18)24-20;;/h1-3,6-7,12-13H,4-5,8-11,14-16H2,(H,22,23,24,25);2*1H.